The molecule has 144 valence electrons. The van der Waals surface area contributed by atoms with Crippen molar-refractivity contribution in [1.82, 2.24) is 14.7 Å². The Bertz CT molecular complexity index is 789. The van der Waals surface area contributed by atoms with Gasteiger partial charge < -0.3 is 5.32 Å². The number of amides is 1. The molecule has 0 radical (unpaired) electrons. The molecule has 2 heterocycles. The highest BCUT2D eigenvalue weighted by molar-refractivity contribution is 5.95. The van der Waals surface area contributed by atoms with E-state index in [1.54, 1.807) is 0 Å². The Labute approximate surface area is 161 Å². The highest BCUT2D eigenvalue weighted by atomic mass is 16.2. The van der Waals surface area contributed by atoms with Crippen LogP contribution < -0.4 is 5.32 Å². The summed E-state index contributed by atoms with van der Waals surface area (Å²) < 4.78 is 1.93. The van der Waals surface area contributed by atoms with E-state index in [-0.39, 0.29) is 11.9 Å². The molecule has 0 bridgehead atoms. The number of anilines is 1. The van der Waals surface area contributed by atoms with Crippen molar-refractivity contribution in [2.75, 3.05) is 11.9 Å². The van der Waals surface area contributed by atoms with Gasteiger partial charge in [-0.2, -0.15) is 5.10 Å². The van der Waals surface area contributed by atoms with Gasteiger partial charge in [0.1, 0.15) is 0 Å². The van der Waals surface area contributed by atoms with Crippen LogP contribution in [0.1, 0.15) is 56.3 Å². The number of rotatable bonds is 4. The van der Waals surface area contributed by atoms with Gasteiger partial charge in [0.05, 0.1) is 17.4 Å². The minimum Gasteiger partial charge on any atom is -0.325 e. The van der Waals surface area contributed by atoms with Crippen LogP contribution in [0.15, 0.2) is 30.3 Å². The van der Waals surface area contributed by atoms with Crippen molar-refractivity contribution in [1.29, 1.82) is 0 Å². The smallest absolute Gasteiger partial charge is 0.241 e. The van der Waals surface area contributed by atoms with Gasteiger partial charge >= 0.3 is 0 Å². The van der Waals surface area contributed by atoms with Gasteiger partial charge in [-0.3, -0.25) is 9.69 Å². The monoisotopic (exact) mass is 366 g/mol. The first kappa shape index (κ1) is 18.2. The van der Waals surface area contributed by atoms with Gasteiger partial charge in [0, 0.05) is 17.4 Å². The number of nitrogens with zero attached hydrogens (tertiary/aromatic N) is 3. The van der Waals surface area contributed by atoms with Gasteiger partial charge in [0.15, 0.2) is 0 Å². The fraction of sp³-hybridized carbons (Fsp3) is 0.545. The molecule has 5 nitrogen and oxygen atoms in total. The van der Waals surface area contributed by atoms with E-state index in [9.17, 15) is 4.79 Å². The third kappa shape index (κ3) is 3.93. The number of aromatic nitrogens is 2. The van der Waals surface area contributed by atoms with Gasteiger partial charge in [0.2, 0.25) is 5.91 Å². The second-order valence-electron chi connectivity index (χ2n) is 8.06. The number of likely N-dealkylation sites (tertiary alicyclic amines) is 1. The Kier molecular flexibility index (Phi) is 5.30. The number of nitrogens with one attached hydrogen (secondary N) is 1. The van der Waals surface area contributed by atoms with Crippen molar-refractivity contribution in [2.45, 2.75) is 70.9 Å². The normalized spacial score (nSPS) is 21.5. The summed E-state index contributed by atoms with van der Waals surface area (Å²) in [5, 5.41) is 7.67. The molecule has 1 aromatic heterocycles. The molecule has 27 heavy (non-hydrogen) atoms. The predicted molar refractivity (Wildman–Crippen MR) is 108 cm³/mol. The summed E-state index contributed by atoms with van der Waals surface area (Å²) in [6, 6.07) is 10.7. The van der Waals surface area contributed by atoms with E-state index in [2.05, 4.69) is 28.3 Å². The highest BCUT2D eigenvalue weighted by Crippen LogP contribution is 2.30. The maximum absolute atomic E-state index is 13.0. The Morgan fingerprint density at radius 2 is 1.74 bits per heavy atom. The molecule has 1 saturated heterocycles. The zero-order valence-corrected chi connectivity index (χ0v) is 16.4. The Morgan fingerprint density at radius 3 is 2.41 bits per heavy atom. The lowest BCUT2D eigenvalue weighted by atomic mass is 9.98. The maximum atomic E-state index is 13.0. The van der Waals surface area contributed by atoms with Crippen LogP contribution in [0.3, 0.4) is 0 Å². The number of piperidine rings is 1. The molecule has 1 saturated carbocycles. The van der Waals surface area contributed by atoms with Crippen LogP contribution in [-0.4, -0.2) is 39.2 Å². The van der Waals surface area contributed by atoms with Crippen LogP contribution in [0.25, 0.3) is 5.69 Å². The molecule has 2 aliphatic rings. The van der Waals surface area contributed by atoms with Crippen LogP contribution >= 0.6 is 0 Å². The zero-order chi connectivity index (χ0) is 18.8. The number of aryl methyl sites for hydroxylation is 2. The second-order valence-corrected chi connectivity index (χ2v) is 8.06. The summed E-state index contributed by atoms with van der Waals surface area (Å²) in [6.07, 6.45) is 8.47. The summed E-state index contributed by atoms with van der Waals surface area (Å²) in [4.78, 5) is 15.5. The van der Waals surface area contributed by atoms with E-state index >= 15 is 0 Å². The Morgan fingerprint density at radius 1 is 1.04 bits per heavy atom. The summed E-state index contributed by atoms with van der Waals surface area (Å²) in [5.41, 5.74) is 4.00. The van der Waals surface area contributed by atoms with Crippen LogP contribution in [0.5, 0.6) is 0 Å². The van der Waals surface area contributed by atoms with E-state index in [1.165, 1.54) is 32.1 Å². The van der Waals surface area contributed by atoms with Gasteiger partial charge in [0.25, 0.3) is 0 Å². The van der Waals surface area contributed by atoms with Crippen molar-refractivity contribution in [3.63, 3.8) is 0 Å². The molecule has 2 fully saturated rings. The maximum Gasteiger partial charge on any atom is 0.241 e. The largest absolute Gasteiger partial charge is 0.325 e. The summed E-state index contributed by atoms with van der Waals surface area (Å²) in [5.74, 6) is 0.153. The fourth-order valence-electron chi connectivity index (χ4n) is 4.71. The molecule has 1 aliphatic heterocycles. The standard InChI is InChI=1S/C22H30N4O/c1-16-15-17(2)26(24-16)20-12-10-18(11-13-20)23-22(27)21-9-5-6-14-25(21)19-7-3-4-8-19/h10-13,15,19,21H,3-9,14H2,1-2H3,(H,23,27). The molecule has 1 aliphatic carbocycles. The topological polar surface area (TPSA) is 50.2 Å². The lowest BCUT2D eigenvalue weighted by Gasteiger charge is -2.38. The van der Waals surface area contributed by atoms with Crippen LogP contribution in [0, 0.1) is 13.8 Å². The van der Waals surface area contributed by atoms with Gasteiger partial charge in [-0.15, -0.1) is 0 Å². The molecule has 2 aromatic rings. The number of carbonyl (C=O) groups is 1. The number of benzene rings is 1. The first-order valence-electron chi connectivity index (χ1n) is 10.3. The molecule has 1 N–H and O–H groups in total. The lowest BCUT2D eigenvalue weighted by molar-refractivity contribution is -0.123. The predicted octanol–water partition coefficient (Wildman–Crippen LogP) is 4.22. The number of carbonyl (C=O) groups excluding carboxylic acids is 1. The zero-order valence-electron chi connectivity index (χ0n) is 16.4. The minimum absolute atomic E-state index is 0.0255. The van der Waals surface area contributed by atoms with E-state index in [4.69, 9.17) is 0 Å². The second kappa shape index (κ2) is 7.85. The third-order valence-corrected chi connectivity index (χ3v) is 6.03. The average molecular weight is 367 g/mol. The van der Waals surface area contributed by atoms with Crippen LogP contribution in [0.4, 0.5) is 5.69 Å². The van der Waals surface area contributed by atoms with Gasteiger partial charge in [-0.05, 0) is 76.4 Å². The van der Waals surface area contributed by atoms with Gasteiger partial charge in [-0.25, -0.2) is 4.68 Å². The molecule has 5 heteroatoms. The lowest BCUT2D eigenvalue weighted by Crippen LogP contribution is -2.51. The molecule has 1 aromatic carbocycles. The van der Waals surface area contributed by atoms with Crippen molar-refractivity contribution in [3.05, 3.63) is 41.7 Å². The summed E-state index contributed by atoms with van der Waals surface area (Å²) in [6.45, 7) is 5.12. The fourth-order valence-corrected chi connectivity index (χ4v) is 4.71. The Balaban J connectivity index is 1.44. The minimum atomic E-state index is 0.0255. The molecule has 1 unspecified atom stereocenters. The molecule has 0 spiro atoms. The van der Waals surface area contributed by atoms with Crippen molar-refractivity contribution < 1.29 is 4.79 Å². The summed E-state index contributed by atoms with van der Waals surface area (Å²) in [7, 11) is 0. The molecule has 1 amide bonds. The van der Waals surface area contributed by atoms with Crippen molar-refractivity contribution in [2.24, 2.45) is 0 Å². The first-order valence-corrected chi connectivity index (χ1v) is 10.3. The van der Waals surface area contributed by atoms with Gasteiger partial charge in [-0.1, -0.05) is 19.3 Å². The molecular weight excluding hydrogens is 336 g/mol. The molecular formula is C22H30N4O. The van der Waals surface area contributed by atoms with E-state index < -0.39 is 0 Å². The average Bonchev–Trinajstić information content (AvgIpc) is 3.32. The molecule has 4 rings (SSSR count). The highest BCUT2D eigenvalue weighted by Gasteiger charge is 2.34. The summed E-state index contributed by atoms with van der Waals surface area (Å²) >= 11 is 0. The number of hydrogen-bond acceptors (Lipinski definition) is 3. The third-order valence-electron chi connectivity index (χ3n) is 6.03. The van der Waals surface area contributed by atoms with E-state index in [0.717, 1.165) is 42.1 Å². The van der Waals surface area contributed by atoms with Crippen LogP contribution in [0.2, 0.25) is 0 Å². The van der Waals surface area contributed by atoms with E-state index in [0.29, 0.717) is 6.04 Å². The van der Waals surface area contributed by atoms with Crippen molar-refractivity contribution >= 4 is 11.6 Å². The quantitative estimate of drug-likeness (QED) is 0.881. The number of hydrogen-bond donors (Lipinski definition) is 1. The van der Waals surface area contributed by atoms with Crippen molar-refractivity contribution in [3.8, 4) is 5.69 Å². The van der Waals surface area contributed by atoms with Crippen LogP contribution in [-0.2, 0) is 4.79 Å². The molecule has 1 atom stereocenters. The van der Waals surface area contributed by atoms with E-state index in [1.807, 2.05) is 35.9 Å². The first-order chi connectivity index (χ1) is 13.1. The SMILES string of the molecule is Cc1cc(C)n(-c2ccc(NC(=O)C3CCCCN3C3CCCC3)cc2)n1. The Hall–Kier alpha value is -2.14.